The van der Waals surface area contributed by atoms with Crippen molar-refractivity contribution >= 4 is 5.70 Å². The van der Waals surface area contributed by atoms with Gasteiger partial charge in [0, 0.05) is 18.8 Å². The van der Waals surface area contributed by atoms with Crippen molar-refractivity contribution < 1.29 is 8.78 Å². The number of nitrogens with zero attached hydrogens (tertiary/aromatic N) is 2. The summed E-state index contributed by atoms with van der Waals surface area (Å²) < 4.78 is 29.9. The summed E-state index contributed by atoms with van der Waals surface area (Å²) in [6.07, 6.45) is 2.19. The Morgan fingerprint density at radius 3 is 2.57 bits per heavy atom. The molecular weight excluding hydrogens is 270 g/mol. The van der Waals surface area contributed by atoms with Crippen molar-refractivity contribution in [2.24, 2.45) is 4.99 Å². The first kappa shape index (κ1) is 15.2. The minimum atomic E-state index is -0.865. The van der Waals surface area contributed by atoms with Gasteiger partial charge < -0.3 is 4.57 Å². The first-order valence-electron chi connectivity index (χ1n) is 6.78. The van der Waals surface area contributed by atoms with Crippen molar-refractivity contribution in [2.75, 3.05) is 7.05 Å². The highest BCUT2D eigenvalue weighted by atomic mass is 19.2. The van der Waals surface area contributed by atoms with Crippen LogP contribution in [-0.4, -0.2) is 11.6 Å². The average Bonchev–Trinajstić information content (AvgIpc) is 2.49. The number of hydrogen-bond donors (Lipinski definition) is 0. The Bertz CT molecular complexity index is 758. The van der Waals surface area contributed by atoms with Crippen LogP contribution < -0.4 is 5.49 Å². The van der Waals surface area contributed by atoms with Crippen molar-refractivity contribution in [1.82, 2.24) is 4.57 Å². The third kappa shape index (κ3) is 2.66. The van der Waals surface area contributed by atoms with E-state index in [0.29, 0.717) is 23.2 Å². The first-order valence-corrected chi connectivity index (χ1v) is 6.78. The predicted octanol–water partition coefficient (Wildman–Crippen LogP) is 3.69. The Hall–Kier alpha value is -2.23. The fourth-order valence-corrected chi connectivity index (χ4v) is 2.33. The van der Waals surface area contributed by atoms with E-state index in [4.69, 9.17) is 0 Å². The van der Waals surface area contributed by atoms with Gasteiger partial charge in [-0.2, -0.15) is 0 Å². The predicted molar refractivity (Wildman–Crippen MR) is 80.8 cm³/mol. The summed E-state index contributed by atoms with van der Waals surface area (Å²) in [5, 5.41) is 0. The molecule has 1 aromatic heterocycles. The maximum atomic E-state index is 14.2. The van der Waals surface area contributed by atoms with E-state index in [2.05, 4.69) is 11.6 Å². The Morgan fingerprint density at radius 1 is 1.24 bits per heavy atom. The number of aromatic nitrogens is 1. The highest BCUT2D eigenvalue weighted by Gasteiger charge is 2.15. The number of pyridine rings is 1. The molecule has 2 nitrogen and oxygen atoms in total. The van der Waals surface area contributed by atoms with Crippen molar-refractivity contribution in [2.45, 2.75) is 20.3 Å². The third-order valence-electron chi connectivity index (χ3n) is 3.52. The van der Waals surface area contributed by atoms with Crippen LogP contribution in [0.1, 0.15) is 23.6 Å². The lowest BCUT2D eigenvalue weighted by Crippen LogP contribution is -2.22. The number of aryl methyl sites for hydroxylation is 2. The molecule has 0 aliphatic rings. The van der Waals surface area contributed by atoms with Gasteiger partial charge >= 0.3 is 0 Å². The van der Waals surface area contributed by atoms with Gasteiger partial charge in [0.2, 0.25) is 0 Å². The fourth-order valence-electron chi connectivity index (χ4n) is 2.33. The van der Waals surface area contributed by atoms with E-state index in [9.17, 15) is 8.78 Å². The normalized spacial score (nSPS) is 11.8. The minimum absolute atomic E-state index is 0.144. The molecule has 0 aliphatic carbocycles. The van der Waals surface area contributed by atoms with Crippen LogP contribution in [0.4, 0.5) is 8.78 Å². The van der Waals surface area contributed by atoms with Crippen LogP contribution in [-0.2, 0) is 6.42 Å². The number of rotatable bonds is 3. The summed E-state index contributed by atoms with van der Waals surface area (Å²) in [7, 11) is 1.66. The van der Waals surface area contributed by atoms with Crippen LogP contribution in [0.2, 0.25) is 0 Å². The molecular formula is C17H18F2N2. The molecule has 2 aromatic rings. The van der Waals surface area contributed by atoms with Gasteiger partial charge in [0.25, 0.3) is 0 Å². The summed E-state index contributed by atoms with van der Waals surface area (Å²) in [6.45, 7) is 7.59. The van der Waals surface area contributed by atoms with Gasteiger partial charge in [-0.3, -0.25) is 4.99 Å². The van der Waals surface area contributed by atoms with Gasteiger partial charge in [-0.25, -0.2) is 8.78 Å². The van der Waals surface area contributed by atoms with Gasteiger partial charge in [0.05, 0.1) is 5.70 Å². The number of benzene rings is 1. The number of halogens is 2. The Balaban J connectivity index is 2.62. The first-order chi connectivity index (χ1) is 10.0. The van der Waals surface area contributed by atoms with Crippen molar-refractivity contribution in [1.29, 1.82) is 0 Å². The Morgan fingerprint density at radius 2 is 1.95 bits per heavy atom. The molecule has 0 bridgehead atoms. The van der Waals surface area contributed by atoms with E-state index < -0.39 is 11.6 Å². The van der Waals surface area contributed by atoms with Gasteiger partial charge in [-0.1, -0.05) is 25.6 Å². The van der Waals surface area contributed by atoms with Crippen molar-refractivity contribution in [3.05, 3.63) is 70.9 Å². The van der Waals surface area contributed by atoms with Gasteiger partial charge in [-0.05, 0) is 36.6 Å². The maximum absolute atomic E-state index is 14.2. The maximum Gasteiger partial charge on any atom is 0.168 e. The Labute approximate surface area is 123 Å². The molecule has 0 atom stereocenters. The van der Waals surface area contributed by atoms with E-state index in [1.807, 2.05) is 19.1 Å². The average molecular weight is 288 g/mol. The second-order valence-corrected chi connectivity index (χ2v) is 4.81. The molecule has 0 spiro atoms. The summed E-state index contributed by atoms with van der Waals surface area (Å²) in [4.78, 5) is 4.19. The zero-order valence-electron chi connectivity index (χ0n) is 12.5. The van der Waals surface area contributed by atoms with Crippen molar-refractivity contribution in [3.63, 3.8) is 0 Å². The summed E-state index contributed by atoms with van der Waals surface area (Å²) in [5.41, 5.74) is 2.47. The van der Waals surface area contributed by atoms with Gasteiger partial charge in [0.15, 0.2) is 11.6 Å². The lowest BCUT2D eigenvalue weighted by Gasteiger charge is -2.14. The van der Waals surface area contributed by atoms with Crippen LogP contribution >= 0.6 is 0 Å². The Kier molecular flexibility index (Phi) is 4.36. The third-order valence-corrected chi connectivity index (χ3v) is 3.52. The lowest BCUT2D eigenvalue weighted by atomic mass is 10.1. The second-order valence-electron chi connectivity index (χ2n) is 4.81. The smallest absolute Gasteiger partial charge is 0.168 e. The topological polar surface area (TPSA) is 17.3 Å². The minimum Gasteiger partial charge on any atom is -0.302 e. The number of hydrogen-bond acceptors (Lipinski definition) is 1. The highest BCUT2D eigenvalue weighted by Crippen LogP contribution is 2.22. The zero-order valence-corrected chi connectivity index (χ0v) is 12.5. The summed E-state index contributed by atoms with van der Waals surface area (Å²) in [6, 6.07) is 6.89. The van der Waals surface area contributed by atoms with Crippen LogP contribution in [0.15, 0.2) is 42.0 Å². The monoisotopic (exact) mass is 288 g/mol. The van der Waals surface area contributed by atoms with E-state index in [1.165, 1.54) is 0 Å². The summed E-state index contributed by atoms with van der Waals surface area (Å²) in [5.74, 6) is -1.67. The molecule has 0 fully saturated rings. The van der Waals surface area contributed by atoms with E-state index >= 15 is 0 Å². The van der Waals surface area contributed by atoms with Crippen LogP contribution in [0.5, 0.6) is 0 Å². The SMILES string of the molecule is C=C(c1ccc(CC)c(F)c1F)n1cccc(C)/c1=N/C. The molecule has 0 saturated heterocycles. The van der Waals surface area contributed by atoms with E-state index in [0.717, 1.165) is 5.56 Å². The fraction of sp³-hybridized carbons (Fsp3) is 0.235. The second kappa shape index (κ2) is 6.04. The molecule has 1 heterocycles. The van der Waals surface area contributed by atoms with Crippen LogP contribution in [0.25, 0.3) is 5.70 Å². The van der Waals surface area contributed by atoms with E-state index in [-0.39, 0.29) is 5.56 Å². The summed E-state index contributed by atoms with van der Waals surface area (Å²) >= 11 is 0. The molecule has 0 unspecified atom stereocenters. The molecule has 0 radical (unpaired) electrons. The standard InChI is InChI=1S/C17H18F2N2/c1-5-13-8-9-14(16(19)15(13)18)12(3)21-10-6-7-11(2)17(21)20-4/h6-10H,3,5H2,1-2,4H3/b20-17-. The largest absolute Gasteiger partial charge is 0.302 e. The van der Waals surface area contributed by atoms with Crippen molar-refractivity contribution in [3.8, 4) is 0 Å². The van der Waals surface area contributed by atoms with E-state index in [1.54, 1.807) is 36.9 Å². The highest BCUT2D eigenvalue weighted by molar-refractivity contribution is 5.64. The quantitative estimate of drug-likeness (QED) is 0.819. The molecule has 0 saturated carbocycles. The van der Waals surface area contributed by atoms with Gasteiger partial charge in [-0.15, -0.1) is 0 Å². The zero-order chi connectivity index (χ0) is 15.6. The lowest BCUT2D eigenvalue weighted by molar-refractivity contribution is 0.497. The molecule has 110 valence electrons. The molecule has 21 heavy (non-hydrogen) atoms. The molecule has 4 heteroatoms. The molecule has 1 aromatic carbocycles. The van der Waals surface area contributed by atoms with Gasteiger partial charge in [0.1, 0.15) is 5.49 Å². The van der Waals surface area contributed by atoms with Crippen LogP contribution in [0.3, 0.4) is 0 Å². The molecule has 0 N–H and O–H groups in total. The molecule has 0 amide bonds. The molecule has 0 aliphatic heterocycles. The van der Waals surface area contributed by atoms with Crippen LogP contribution in [0, 0.1) is 18.6 Å². The molecule has 2 rings (SSSR count).